The van der Waals surface area contributed by atoms with Crippen molar-refractivity contribution in [2.45, 2.75) is 65.3 Å². The summed E-state index contributed by atoms with van der Waals surface area (Å²) in [7, 11) is 0. The Balaban J connectivity index is 2.07. The number of nitrogens with zero attached hydrogens (tertiary/aromatic N) is 2. The summed E-state index contributed by atoms with van der Waals surface area (Å²) in [5.41, 5.74) is 3.10. The average molecular weight is 277 g/mol. The Bertz CT molecular complexity index is 446. The molecule has 4 N–H and O–H groups in total. The quantitative estimate of drug-likeness (QED) is 0.581. The van der Waals surface area contributed by atoms with Crippen LogP contribution in [-0.2, 0) is 0 Å². The molecule has 1 heterocycles. The highest BCUT2D eigenvalue weighted by molar-refractivity contribution is 5.47. The van der Waals surface area contributed by atoms with E-state index in [2.05, 4.69) is 48.4 Å². The molecule has 0 amide bonds. The van der Waals surface area contributed by atoms with Crippen molar-refractivity contribution in [2.75, 3.05) is 10.7 Å². The van der Waals surface area contributed by atoms with Crippen molar-refractivity contribution in [3.63, 3.8) is 0 Å². The van der Waals surface area contributed by atoms with Crippen LogP contribution < -0.4 is 16.6 Å². The van der Waals surface area contributed by atoms with E-state index in [0.717, 1.165) is 11.6 Å². The van der Waals surface area contributed by atoms with E-state index >= 15 is 0 Å². The largest absolute Gasteiger partial charge is 0.367 e. The normalized spacial score (nSPS) is 19.1. The number of nitrogen functional groups attached to an aromatic ring is 1. The van der Waals surface area contributed by atoms with Crippen LogP contribution in [0.1, 0.15) is 65.1 Å². The van der Waals surface area contributed by atoms with Crippen molar-refractivity contribution >= 4 is 11.6 Å². The second-order valence-corrected chi connectivity index (χ2v) is 6.88. The summed E-state index contributed by atoms with van der Waals surface area (Å²) in [5, 5.41) is 3.54. The minimum atomic E-state index is 0.286. The first-order chi connectivity index (χ1) is 9.39. The fourth-order valence-electron chi connectivity index (χ4n) is 2.62. The zero-order chi connectivity index (χ0) is 14.8. The molecule has 0 aliphatic heterocycles. The number of nitrogens with one attached hydrogen (secondary N) is 2. The lowest BCUT2D eigenvalue weighted by molar-refractivity contribution is 0.232. The summed E-state index contributed by atoms with van der Waals surface area (Å²) in [6.07, 6.45) is 4.91. The van der Waals surface area contributed by atoms with Crippen LogP contribution in [-0.4, -0.2) is 16.0 Å². The Hall–Kier alpha value is -1.36. The van der Waals surface area contributed by atoms with E-state index < -0.39 is 0 Å². The summed E-state index contributed by atoms with van der Waals surface area (Å²) < 4.78 is 0. The van der Waals surface area contributed by atoms with E-state index in [1.807, 2.05) is 6.07 Å². The molecule has 1 aliphatic rings. The predicted molar refractivity (Wildman–Crippen MR) is 83.6 cm³/mol. The number of aromatic nitrogens is 2. The highest BCUT2D eigenvalue weighted by Gasteiger charge is 2.27. The molecule has 0 radical (unpaired) electrons. The molecule has 1 saturated carbocycles. The topological polar surface area (TPSA) is 75.9 Å². The molecule has 5 heteroatoms. The number of hydrogen-bond donors (Lipinski definition) is 3. The summed E-state index contributed by atoms with van der Waals surface area (Å²) in [6.45, 7) is 8.87. The Morgan fingerprint density at radius 1 is 1.20 bits per heavy atom. The van der Waals surface area contributed by atoms with Crippen molar-refractivity contribution in [3.8, 4) is 0 Å². The molecule has 1 fully saturated rings. The van der Waals surface area contributed by atoms with Crippen LogP contribution in [0, 0.1) is 5.41 Å². The predicted octanol–water partition coefficient (Wildman–Crippen LogP) is 3.27. The van der Waals surface area contributed by atoms with Crippen LogP contribution >= 0.6 is 0 Å². The van der Waals surface area contributed by atoms with Crippen LogP contribution in [0.2, 0.25) is 0 Å². The zero-order valence-electron chi connectivity index (χ0n) is 13.0. The Morgan fingerprint density at radius 2 is 1.80 bits per heavy atom. The Labute approximate surface area is 121 Å². The molecular formula is C15H27N5. The van der Waals surface area contributed by atoms with Crippen molar-refractivity contribution < 1.29 is 0 Å². The maximum atomic E-state index is 5.49. The van der Waals surface area contributed by atoms with Crippen molar-refractivity contribution in [3.05, 3.63) is 11.9 Å². The molecule has 112 valence electrons. The van der Waals surface area contributed by atoms with Crippen molar-refractivity contribution in [1.29, 1.82) is 0 Å². The fourth-order valence-corrected chi connectivity index (χ4v) is 2.62. The number of nitrogens with two attached hydrogens (primary N) is 1. The maximum Gasteiger partial charge on any atom is 0.145 e. The second-order valence-electron chi connectivity index (χ2n) is 6.88. The monoisotopic (exact) mass is 277 g/mol. The van der Waals surface area contributed by atoms with Gasteiger partial charge in [-0.1, -0.05) is 27.7 Å². The smallest absolute Gasteiger partial charge is 0.145 e. The Morgan fingerprint density at radius 3 is 2.35 bits per heavy atom. The third kappa shape index (κ3) is 3.82. The first-order valence-corrected chi connectivity index (χ1v) is 7.52. The summed E-state index contributed by atoms with van der Waals surface area (Å²) in [4.78, 5) is 8.97. The summed E-state index contributed by atoms with van der Waals surface area (Å²) >= 11 is 0. The van der Waals surface area contributed by atoms with Gasteiger partial charge in [-0.05, 0) is 31.1 Å². The lowest BCUT2D eigenvalue weighted by Crippen LogP contribution is -2.30. The second kappa shape index (κ2) is 5.95. The lowest BCUT2D eigenvalue weighted by atomic mass is 9.75. The minimum Gasteiger partial charge on any atom is -0.367 e. The molecule has 1 aromatic rings. The van der Waals surface area contributed by atoms with Gasteiger partial charge >= 0.3 is 0 Å². The first kappa shape index (κ1) is 15.0. The third-order valence-electron chi connectivity index (χ3n) is 4.10. The van der Waals surface area contributed by atoms with E-state index in [1.54, 1.807) is 0 Å². The van der Waals surface area contributed by atoms with Gasteiger partial charge in [0.25, 0.3) is 0 Å². The standard InChI is InChI=1S/C15H27N5/c1-10(2)14-18-12(9-13(19-14)20-16)17-11-5-7-15(3,4)8-6-11/h9-11H,5-8,16H2,1-4H3,(H2,17,18,19,20). The number of hydrazine groups is 1. The third-order valence-corrected chi connectivity index (χ3v) is 4.10. The number of hydrogen-bond acceptors (Lipinski definition) is 5. The molecule has 0 atom stereocenters. The van der Waals surface area contributed by atoms with Crippen LogP contribution in [0.4, 0.5) is 11.6 Å². The van der Waals surface area contributed by atoms with Gasteiger partial charge in [-0.15, -0.1) is 0 Å². The molecule has 20 heavy (non-hydrogen) atoms. The summed E-state index contributed by atoms with van der Waals surface area (Å²) in [6, 6.07) is 2.38. The fraction of sp³-hybridized carbons (Fsp3) is 0.733. The lowest BCUT2D eigenvalue weighted by Gasteiger charge is -2.34. The molecule has 1 aliphatic carbocycles. The van der Waals surface area contributed by atoms with E-state index in [-0.39, 0.29) is 5.92 Å². The molecule has 2 rings (SSSR count). The van der Waals surface area contributed by atoms with Crippen LogP contribution in [0.25, 0.3) is 0 Å². The van der Waals surface area contributed by atoms with Gasteiger partial charge in [-0.25, -0.2) is 15.8 Å². The van der Waals surface area contributed by atoms with E-state index in [9.17, 15) is 0 Å². The SMILES string of the molecule is CC(C)c1nc(NN)cc(NC2CCC(C)(C)CC2)n1. The molecule has 0 aromatic carbocycles. The molecule has 0 unspecified atom stereocenters. The summed E-state index contributed by atoms with van der Waals surface area (Å²) in [5.74, 6) is 8.14. The Kier molecular flexibility index (Phi) is 4.48. The highest BCUT2D eigenvalue weighted by atomic mass is 15.3. The van der Waals surface area contributed by atoms with E-state index in [1.165, 1.54) is 25.7 Å². The number of anilines is 2. The van der Waals surface area contributed by atoms with Gasteiger partial charge in [0.15, 0.2) is 0 Å². The highest BCUT2D eigenvalue weighted by Crippen LogP contribution is 2.36. The molecular weight excluding hydrogens is 250 g/mol. The first-order valence-electron chi connectivity index (χ1n) is 7.52. The van der Waals surface area contributed by atoms with Crippen LogP contribution in [0.15, 0.2) is 6.07 Å². The van der Waals surface area contributed by atoms with E-state index in [0.29, 0.717) is 17.3 Å². The van der Waals surface area contributed by atoms with Crippen LogP contribution in [0.3, 0.4) is 0 Å². The van der Waals surface area contributed by atoms with Crippen LogP contribution in [0.5, 0.6) is 0 Å². The van der Waals surface area contributed by atoms with Gasteiger partial charge in [-0.2, -0.15) is 0 Å². The van der Waals surface area contributed by atoms with Crippen molar-refractivity contribution in [1.82, 2.24) is 9.97 Å². The molecule has 5 nitrogen and oxygen atoms in total. The zero-order valence-corrected chi connectivity index (χ0v) is 13.0. The molecule has 1 aromatic heterocycles. The van der Waals surface area contributed by atoms with Gasteiger partial charge in [0.1, 0.15) is 17.5 Å². The maximum absolute atomic E-state index is 5.49. The van der Waals surface area contributed by atoms with E-state index in [4.69, 9.17) is 5.84 Å². The average Bonchev–Trinajstić information content (AvgIpc) is 2.41. The van der Waals surface area contributed by atoms with Gasteiger partial charge < -0.3 is 10.7 Å². The molecule has 0 spiro atoms. The number of rotatable bonds is 4. The van der Waals surface area contributed by atoms with Gasteiger partial charge in [-0.3, -0.25) is 0 Å². The molecule has 0 bridgehead atoms. The van der Waals surface area contributed by atoms with Gasteiger partial charge in [0, 0.05) is 18.0 Å². The molecule has 0 saturated heterocycles. The van der Waals surface area contributed by atoms with Crippen molar-refractivity contribution in [2.24, 2.45) is 11.3 Å². The van der Waals surface area contributed by atoms with Gasteiger partial charge in [0.2, 0.25) is 0 Å². The van der Waals surface area contributed by atoms with Gasteiger partial charge in [0.05, 0.1) is 0 Å². The minimum absolute atomic E-state index is 0.286.